The molecule has 0 aliphatic heterocycles. The molecule has 0 aliphatic rings. The van der Waals surface area contributed by atoms with E-state index in [2.05, 4.69) is 10.5 Å². The second kappa shape index (κ2) is 6.09. The van der Waals surface area contributed by atoms with Crippen molar-refractivity contribution in [2.24, 2.45) is 0 Å². The van der Waals surface area contributed by atoms with Crippen LogP contribution in [0.3, 0.4) is 0 Å². The van der Waals surface area contributed by atoms with Crippen molar-refractivity contribution in [1.82, 2.24) is 5.16 Å². The zero-order valence-corrected chi connectivity index (χ0v) is 13.0. The predicted octanol–water partition coefficient (Wildman–Crippen LogP) is 3.21. The van der Waals surface area contributed by atoms with Crippen molar-refractivity contribution in [2.75, 3.05) is 12.4 Å². The molecule has 2 aromatic rings. The molecule has 7 heteroatoms. The summed E-state index contributed by atoms with van der Waals surface area (Å²) < 4.78 is 9.61. The number of nitrogens with one attached hydrogen (secondary N) is 1. The van der Waals surface area contributed by atoms with Gasteiger partial charge in [-0.05, 0) is 18.9 Å². The van der Waals surface area contributed by atoms with Crippen molar-refractivity contribution >= 4 is 28.2 Å². The lowest BCUT2D eigenvalue weighted by Crippen LogP contribution is -2.14. The van der Waals surface area contributed by atoms with Gasteiger partial charge in [0, 0.05) is 10.9 Å². The molecule has 0 radical (unpaired) electrons. The molecular formula is C14H16N2O4S. The van der Waals surface area contributed by atoms with Crippen LogP contribution in [0.25, 0.3) is 0 Å². The molecule has 0 saturated heterocycles. The van der Waals surface area contributed by atoms with Crippen LogP contribution in [0.5, 0.6) is 0 Å². The van der Waals surface area contributed by atoms with Crippen molar-refractivity contribution < 1.29 is 18.8 Å². The number of carbonyl (C=O) groups excluding carboxylic acids is 2. The normalized spacial score (nSPS) is 10.7. The molecular weight excluding hydrogens is 292 g/mol. The van der Waals surface area contributed by atoms with Crippen LogP contribution >= 0.6 is 11.3 Å². The number of ether oxygens (including phenoxy) is 1. The maximum Gasteiger partial charge on any atom is 0.340 e. The summed E-state index contributed by atoms with van der Waals surface area (Å²) in [5.41, 5.74) is 0.516. The highest BCUT2D eigenvalue weighted by Gasteiger charge is 2.21. The number of rotatable bonds is 4. The number of anilines is 1. The number of aryl methyl sites for hydroxylation is 1. The number of carbonyl (C=O) groups is 2. The van der Waals surface area contributed by atoms with Gasteiger partial charge in [-0.2, -0.15) is 0 Å². The molecule has 1 amide bonds. The Morgan fingerprint density at radius 2 is 2.10 bits per heavy atom. The number of aromatic nitrogens is 1. The van der Waals surface area contributed by atoms with Gasteiger partial charge in [0.25, 0.3) is 5.91 Å². The van der Waals surface area contributed by atoms with Crippen molar-refractivity contribution in [3.05, 3.63) is 34.0 Å². The summed E-state index contributed by atoms with van der Waals surface area (Å²) in [5.74, 6) is -0.111. The van der Waals surface area contributed by atoms with Crippen LogP contribution in [-0.4, -0.2) is 24.1 Å². The quantitative estimate of drug-likeness (QED) is 0.877. The molecule has 2 aromatic heterocycles. The summed E-state index contributed by atoms with van der Waals surface area (Å²) >= 11 is 1.35. The number of amides is 1. The molecule has 1 N–H and O–H groups in total. The maximum absolute atomic E-state index is 12.1. The summed E-state index contributed by atoms with van der Waals surface area (Å²) in [7, 11) is 1.31. The topological polar surface area (TPSA) is 81.4 Å². The van der Waals surface area contributed by atoms with E-state index in [1.165, 1.54) is 24.5 Å². The van der Waals surface area contributed by atoms with Gasteiger partial charge in [-0.25, -0.2) is 4.79 Å². The Balaban J connectivity index is 2.29. The van der Waals surface area contributed by atoms with Crippen molar-refractivity contribution in [1.29, 1.82) is 0 Å². The van der Waals surface area contributed by atoms with E-state index in [1.54, 1.807) is 13.0 Å². The van der Waals surface area contributed by atoms with Gasteiger partial charge < -0.3 is 14.6 Å². The minimum absolute atomic E-state index is 0.169. The summed E-state index contributed by atoms with van der Waals surface area (Å²) in [6, 6.07) is 3.27. The molecule has 0 unspecified atom stereocenters. The molecule has 2 heterocycles. The molecule has 0 spiro atoms. The first-order valence-corrected chi connectivity index (χ1v) is 7.20. The predicted molar refractivity (Wildman–Crippen MR) is 78.9 cm³/mol. The second-order valence-electron chi connectivity index (χ2n) is 4.81. The Bertz CT molecular complexity index is 672. The van der Waals surface area contributed by atoms with Crippen LogP contribution < -0.4 is 5.32 Å². The van der Waals surface area contributed by atoms with Gasteiger partial charge in [-0.3, -0.25) is 4.79 Å². The lowest BCUT2D eigenvalue weighted by molar-refractivity contribution is 0.0602. The Morgan fingerprint density at radius 3 is 2.62 bits per heavy atom. The van der Waals surface area contributed by atoms with E-state index in [0.29, 0.717) is 16.3 Å². The maximum atomic E-state index is 12.1. The van der Waals surface area contributed by atoms with Crippen molar-refractivity contribution in [3.63, 3.8) is 0 Å². The zero-order valence-electron chi connectivity index (χ0n) is 12.2. The molecule has 0 atom stereocenters. The lowest BCUT2D eigenvalue weighted by atomic mass is 10.1. The Kier molecular flexibility index (Phi) is 4.42. The third-order valence-electron chi connectivity index (χ3n) is 2.81. The van der Waals surface area contributed by atoms with Gasteiger partial charge in [0.1, 0.15) is 10.8 Å². The SMILES string of the molecule is COC(=O)c1cc(C(C)C)sc1NC(=O)c1cc(C)on1. The number of esters is 1. The van der Waals surface area contributed by atoms with Crippen LogP contribution in [0, 0.1) is 6.92 Å². The van der Waals surface area contributed by atoms with E-state index in [1.807, 2.05) is 13.8 Å². The van der Waals surface area contributed by atoms with E-state index in [9.17, 15) is 9.59 Å². The van der Waals surface area contributed by atoms with Crippen molar-refractivity contribution in [3.8, 4) is 0 Å². The molecule has 2 rings (SSSR count). The minimum atomic E-state index is -0.482. The van der Waals surface area contributed by atoms with Gasteiger partial charge in [-0.1, -0.05) is 19.0 Å². The molecule has 0 bridgehead atoms. The lowest BCUT2D eigenvalue weighted by Gasteiger charge is -2.02. The Hall–Kier alpha value is -2.15. The number of nitrogens with zero attached hydrogens (tertiary/aromatic N) is 1. The van der Waals surface area contributed by atoms with Gasteiger partial charge in [0.05, 0.1) is 12.7 Å². The molecule has 0 aliphatic carbocycles. The van der Waals surface area contributed by atoms with E-state index >= 15 is 0 Å². The highest BCUT2D eigenvalue weighted by Crippen LogP contribution is 2.33. The van der Waals surface area contributed by atoms with E-state index in [4.69, 9.17) is 9.26 Å². The number of hydrogen-bond donors (Lipinski definition) is 1. The van der Waals surface area contributed by atoms with Gasteiger partial charge in [0.15, 0.2) is 5.69 Å². The standard InChI is InChI=1S/C14H16N2O4S/c1-7(2)11-6-9(14(18)19-4)13(21-11)15-12(17)10-5-8(3)20-16-10/h5-7H,1-4H3,(H,15,17). The third-order valence-corrected chi connectivity index (χ3v) is 4.16. The first kappa shape index (κ1) is 15.2. The smallest absolute Gasteiger partial charge is 0.340 e. The van der Waals surface area contributed by atoms with Crippen LogP contribution in [0.15, 0.2) is 16.7 Å². The first-order chi connectivity index (χ1) is 9.92. The average Bonchev–Trinajstić information content (AvgIpc) is 3.04. The number of methoxy groups -OCH3 is 1. The summed E-state index contributed by atoms with van der Waals surface area (Å²) in [6.07, 6.45) is 0. The second-order valence-corrected chi connectivity index (χ2v) is 5.90. The monoisotopic (exact) mass is 308 g/mol. The van der Waals surface area contributed by atoms with Crippen LogP contribution in [0.1, 0.15) is 51.2 Å². The Morgan fingerprint density at radius 1 is 1.38 bits per heavy atom. The summed E-state index contributed by atoms with van der Waals surface area (Å²) in [6.45, 7) is 5.73. The molecule has 112 valence electrons. The van der Waals surface area contributed by atoms with E-state index in [0.717, 1.165) is 4.88 Å². The van der Waals surface area contributed by atoms with Crippen molar-refractivity contribution in [2.45, 2.75) is 26.7 Å². The highest BCUT2D eigenvalue weighted by molar-refractivity contribution is 7.16. The van der Waals surface area contributed by atoms with Gasteiger partial charge in [-0.15, -0.1) is 11.3 Å². The van der Waals surface area contributed by atoms with Crippen LogP contribution in [-0.2, 0) is 4.74 Å². The van der Waals surface area contributed by atoms with Gasteiger partial charge in [0.2, 0.25) is 0 Å². The third kappa shape index (κ3) is 3.30. The summed E-state index contributed by atoms with van der Waals surface area (Å²) in [5, 5.41) is 6.79. The number of hydrogen-bond acceptors (Lipinski definition) is 6. The van der Waals surface area contributed by atoms with E-state index in [-0.39, 0.29) is 11.6 Å². The average molecular weight is 308 g/mol. The Labute approximate surface area is 126 Å². The zero-order chi connectivity index (χ0) is 15.6. The summed E-state index contributed by atoms with van der Waals surface area (Å²) in [4.78, 5) is 24.9. The fraction of sp³-hybridized carbons (Fsp3) is 0.357. The van der Waals surface area contributed by atoms with Gasteiger partial charge >= 0.3 is 5.97 Å². The molecule has 0 saturated carbocycles. The molecule has 21 heavy (non-hydrogen) atoms. The minimum Gasteiger partial charge on any atom is -0.465 e. The fourth-order valence-electron chi connectivity index (χ4n) is 1.69. The molecule has 6 nitrogen and oxygen atoms in total. The molecule has 0 aromatic carbocycles. The van der Waals surface area contributed by atoms with Crippen LogP contribution in [0.4, 0.5) is 5.00 Å². The fourth-order valence-corrected chi connectivity index (χ4v) is 2.73. The number of thiophene rings is 1. The molecule has 0 fully saturated rings. The van der Waals surface area contributed by atoms with Crippen LogP contribution in [0.2, 0.25) is 0 Å². The first-order valence-electron chi connectivity index (χ1n) is 6.39. The van der Waals surface area contributed by atoms with E-state index < -0.39 is 11.9 Å². The largest absolute Gasteiger partial charge is 0.465 e. The highest BCUT2D eigenvalue weighted by atomic mass is 32.1.